The van der Waals surface area contributed by atoms with Crippen molar-refractivity contribution in [3.63, 3.8) is 0 Å². The molecule has 0 bridgehead atoms. The van der Waals surface area contributed by atoms with Crippen LogP contribution in [0.15, 0.2) is 22.6 Å². The van der Waals surface area contributed by atoms with E-state index in [1.807, 2.05) is 6.92 Å². The lowest BCUT2D eigenvalue weighted by Crippen LogP contribution is -2.39. The van der Waals surface area contributed by atoms with Crippen LogP contribution in [0.1, 0.15) is 67.2 Å². The molecule has 2 aliphatic heterocycles. The van der Waals surface area contributed by atoms with E-state index in [0.29, 0.717) is 30.5 Å². The molecule has 2 aromatic rings. The van der Waals surface area contributed by atoms with Gasteiger partial charge in [-0.15, -0.1) is 10.2 Å². The highest BCUT2D eigenvalue weighted by Gasteiger charge is 2.33. The molecular formula is C20H24FN3O3. The first-order valence-corrected chi connectivity index (χ1v) is 9.61. The molecule has 3 heterocycles. The summed E-state index contributed by atoms with van der Waals surface area (Å²) in [4.78, 5) is 14.7. The van der Waals surface area contributed by atoms with Crippen molar-refractivity contribution in [1.29, 1.82) is 0 Å². The lowest BCUT2D eigenvalue weighted by Gasteiger charge is -2.33. The van der Waals surface area contributed by atoms with E-state index in [0.717, 1.165) is 37.7 Å². The SMILES string of the molecule is Cc1ccc(F)c(CC(=O)N2CCCCC2c2nnc([C@H]3CCCO3)o2)c1. The summed E-state index contributed by atoms with van der Waals surface area (Å²) in [7, 11) is 0. The third kappa shape index (κ3) is 3.88. The van der Waals surface area contributed by atoms with Crippen molar-refractivity contribution >= 4 is 5.91 Å². The zero-order valence-corrected chi connectivity index (χ0v) is 15.5. The highest BCUT2D eigenvalue weighted by Crippen LogP contribution is 2.34. The van der Waals surface area contributed by atoms with Crippen molar-refractivity contribution in [1.82, 2.24) is 15.1 Å². The van der Waals surface area contributed by atoms with Crippen LogP contribution in [-0.2, 0) is 16.0 Å². The van der Waals surface area contributed by atoms with E-state index in [4.69, 9.17) is 9.15 Å². The number of rotatable bonds is 4. The Morgan fingerprint density at radius 2 is 2.07 bits per heavy atom. The summed E-state index contributed by atoms with van der Waals surface area (Å²) in [6.07, 6.45) is 4.45. The quantitative estimate of drug-likeness (QED) is 0.818. The van der Waals surface area contributed by atoms with Crippen molar-refractivity contribution in [2.75, 3.05) is 13.2 Å². The van der Waals surface area contributed by atoms with Crippen LogP contribution in [0.2, 0.25) is 0 Å². The van der Waals surface area contributed by atoms with Crippen molar-refractivity contribution in [3.8, 4) is 0 Å². The van der Waals surface area contributed by atoms with Gasteiger partial charge in [0.15, 0.2) is 0 Å². The third-order valence-electron chi connectivity index (χ3n) is 5.31. The Balaban J connectivity index is 1.51. The highest BCUT2D eigenvalue weighted by molar-refractivity contribution is 5.79. The van der Waals surface area contributed by atoms with Gasteiger partial charge >= 0.3 is 0 Å². The Hall–Kier alpha value is -2.28. The molecule has 0 aliphatic carbocycles. The van der Waals surface area contributed by atoms with E-state index in [1.54, 1.807) is 17.0 Å². The zero-order chi connectivity index (χ0) is 18.8. The summed E-state index contributed by atoms with van der Waals surface area (Å²) in [6.45, 7) is 3.22. The summed E-state index contributed by atoms with van der Waals surface area (Å²) in [5.41, 5.74) is 1.36. The molecule has 0 N–H and O–H groups in total. The summed E-state index contributed by atoms with van der Waals surface area (Å²) in [6, 6.07) is 4.60. The summed E-state index contributed by atoms with van der Waals surface area (Å²) >= 11 is 0. The Bertz CT molecular complexity index is 817. The van der Waals surface area contributed by atoms with Crippen LogP contribution < -0.4 is 0 Å². The molecule has 4 rings (SSSR count). The number of amides is 1. The first kappa shape index (κ1) is 18.1. The maximum absolute atomic E-state index is 14.1. The first-order valence-electron chi connectivity index (χ1n) is 9.61. The number of nitrogens with zero attached hydrogens (tertiary/aromatic N) is 3. The summed E-state index contributed by atoms with van der Waals surface area (Å²) in [5, 5.41) is 8.33. The van der Waals surface area contributed by atoms with E-state index in [9.17, 15) is 9.18 Å². The number of carbonyl (C=O) groups excluding carboxylic acids is 1. The molecule has 2 fully saturated rings. The molecule has 6 nitrogen and oxygen atoms in total. The normalized spacial score (nSPS) is 23.0. The molecule has 144 valence electrons. The number of aryl methyl sites for hydroxylation is 1. The van der Waals surface area contributed by atoms with Gasteiger partial charge in [-0.1, -0.05) is 17.7 Å². The van der Waals surface area contributed by atoms with Gasteiger partial charge in [0.25, 0.3) is 0 Å². The van der Waals surface area contributed by atoms with Crippen molar-refractivity contribution in [2.45, 2.75) is 57.6 Å². The summed E-state index contributed by atoms with van der Waals surface area (Å²) in [5.74, 6) is 0.491. The zero-order valence-electron chi connectivity index (χ0n) is 15.5. The van der Waals surface area contributed by atoms with Crippen molar-refractivity contribution < 1.29 is 18.3 Å². The fourth-order valence-corrected chi connectivity index (χ4v) is 3.87. The van der Waals surface area contributed by atoms with Crippen molar-refractivity contribution in [2.24, 2.45) is 0 Å². The molecule has 2 saturated heterocycles. The largest absolute Gasteiger partial charge is 0.420 e. The molecule has 2 atom stereocenters. The second kappa shape index (κ2) is 7.76. The van der Waals surface area contributed by atoms with Gasteiger partial charge in [-0.25, -0.2) is 4.39 Å². The third-order valence-corrected chi connectivity index (χ3v) is 5.31. The lowest BCUT2D eigenvalue weighted by atomic mass is 10.00. The number of likely N-dealkylation sites (tertiary alicyclic amines) is 1. The Kier molecular flexibility index (Phi) is 5.20. The Labute approximate surface area is 157 Å². The minimum atomic E-state index is -0.346. The van der Waals surface area contributed by atoms with Crippen molar-refractivity contribution in [3.05, 3.63) is 46.9 Å². The number of ether oxygens (including phenoxy) is 1. The fraction of sp³-hybridized carbons (Fsp3) is 0.550. The molecule has 1 aromatic heterocycles. The second-order valence-corrected chi connectivity index (χ2v) is 7.35. The van der Waals surface area contributed by atoms with Gasteiger partial charge in [0.05, 0.1) is 6.42 Å². The average molecular weight is 373 g/mol. The molecule has 27 heavy (non-hydrogen) atoms. The molecule has 2 aliphatic rings. The summed E-state index contributed by atoms with van der Waals surface area (Å²) < 4.78 is 25.5. The second-order valence-electron chi connectivity index (χ2n) is 7.35. The molecular weight excluding hydrogens is 349 g/mol. The first-order chi connectivity index (χ1) is 13.1. The maximum atomic E-state index is 14.1. The minimum absolute atomic E-state index is 0.0384. The number of benzene rings is 1. The molecule has 0 radical (unpaired) electrons. The number of halogens is 1. The number of piperidine rings is 1. The Morgan fingerprint density at radius 1 is 1.22 bits per heavy atom. The van der Waals surface area contributed by atoms with Gasteiger partial charge in [0.2, 0.25) is 17.7 Å². The molecule has 1 amide bonds. The predicted molar refractivity (Wildman–Crippen MR) is 95.4 cm³/mol. The number of hydrogen-bond donors (Lipinski definition) is 0. The van der Waals surface area contributed by atoms with Crippen LogP contribution in [0.4, 0.5) is 4.39 Å². The minimum Gasteiger partial charge on any atom is -0.420 e. The Morgan fingerprint density at radius 3 is 2.89 bits per heavy atom. The highest BCUT2D eigenvalue weighted by atomic mass is 19.1. The van der Waals surface area contributed by atoms with Crippen LogP contribution >= 0.6 is 0 Å². The van der Waals surface area contributed by atoms with Gasteiger partial charge in [-0.2, -0.15) is 0 Å². The van der Waals surface area contributed by atoms with E-state index in [-0.39, 0.29) is 30.3 Å². The van der Waals surface area contributed by atoms with E-state index in [1.165, 1.54) is 6.07 Å². The lowest BCUT2D eigenvalue weighted by molar-refractivity contribution is -0.135. The maximum Gasteiger partial charge on any atom is 0.245 e. The van der Waals surface area contributed by atoms with Crippen LogP contribution in [-0.4, -0.2) is 34.2 Å². The molecule has 0 spiro atoms. The molecule has 7 heteroatoms. The van der Waals surface area contributed by atoms with E-state index in [2.05, 4.69) is 10.2 Å². The van der Waals surface area contributed by atoms with E-state index < -0.39 is 0 Å². The fourth-order valence-electron chi connectivity index (χ4n) is 3.87. The standard InChI is InChI=1S/C20H24FN3O3/c1-13-7-8-15(21)14(11-13)12-18(25)24-9-3-2-5-16(24)19-22-23-20(27-19)17-6-4-10-26-17/h7-8,11,16-17H,2-6,9-10,12H2,1H3/t16?,17-/m1/s1. The smallest absolute Gasteiger partial charge is 0.245 e. The number of carbonyl (C=O) groups is 1. The van der Waals surface area contributed by atoms with Gasteiger partial charge in [-0.05, 0) is 50.7 Å². The topological polar surface area (TPSA) is 68.5 Å². The van der Waals surface area contributed by atoms with Crippen LogP contribution in [0.5, 0.6) is 0 Å². The van der Waals surface area contributed by atoms with Gasteiger partial charge in [-0.3, -0.25) is 4.79 Å². The molecule has 1 unspecified atom stereocenters. The van der Waals surface area contributed by atoms with E-state index >= 15 is 0 Å². The van der Waals surface area contributed by atoms with Crippen LogP contribution in [0, 0.1) is 12.7 Å². The monoisotopic (exact) mass is 373 g/mol. The predicted octanol–water partition coefficient (Wildman–Crippen LogP) is 3.66. The van der Waals surface area contributed by atoms with Gasteiger partial charge in [0, 0.05) is 13.2 Å². The number of aromatic nitrogens is 2. The molecule has 0 saturated carbocycles. The van der Waals surface area contributed by atoms with Crippen LogP contribution in [0.25, 0.3) is 0 Å². The number of hydrogen-bond acceptors (Lipinski definition) is 5. The van der Waals surface area contributed by atoms with Gasteiger partial charge < -0.3 is 14.1 Å². The average Bonchev–Trinajstić information content (AvgIpc) is 3.36. The van der Waals surface area contributed by atoms with Gasteiger partial charge in [0.1, 0.15) is 18.0 Å². The molecule has 1 aromatic carbocycles. The van der Waals surface area contributed by atoms with Crippen LogP contribution in [0.3, 0.4) is 0 Å².